The molecule has 0 radical (unpaired) electrons. The zero-order chi connectivity index (χ0) is 14.8. The van der Waals surface area contributed by atoms with E-state index in [2.05, 4.69) is 43.0 Å². The van der Waals surface area contributed by atoms with Gasteiger partial charge in [-0.2, -0.15) is 0 Å². The van der Waals surface area contributed by atoms with Crippen LogP contribution in [0.25, 0.3) is 0 Å². The van der Waals surface area contributed by atoms with Crippen molar-refractivity contribution >= 4 is 0 Å². The molecule has 0 aliphatic heterocycles. The summed E-state index contributed by atoms with van der Waals surface area (Å²) >= 11 is 0. The van der Waals surface area contributed by atoms with Crippen LogP contribution in [0.4, 0.5) is 0 Å². The zero-order valence-corrected chi connectivity index (χ0v) is 12.6. The highest BCUT2D eigenvalue weighted by Gasteiger charge is 2.08. The lowest BCUT2D eigenvalue weighted by Crippen LogP contribution is -2.02. The van der Waals surface area contributed by atoms with Crippen LogP contribution in [0.15, 0.2) is 60.7 Å². The van der Waals surface area contributed by atoms with Crippen LogP contribution in [-0.2, 0) is 11.3 Å². The minimum Gasteiger partial charge on any atom is -0.356 e. The fourth-order valence-electron chi connectivity index (χ4n) is 2.03. The van der Waals surface area contributed by atoms with Crippen LogP contribution in [0, 0.1) is 11.8 Å². The van der Waals surface area contributed by atoms with Crippen LogP contribution in [0.3, 0.4) is 0 Å². The molecule has 0 saturated carbocycles. The van der Waals surface area contributed by atoms with Crippen LogP contribution in [-0.4, -0.2) is 0 Å². The largest absolute Gasteiger partial charge is 0.356 e. The SMILES string of the molecule is CCCCC#CC(OCc1ccccc1)c1ccccc1. The highest BCUT2D eigenvalue weighted by Crippen LogP contribution is 2.18. The number of unbranched alkanes of at least 4 members (excludes halogenated alkanes) is 2. The normalized spacial score (nSPS) is 11.5. The van der Waals surface area contributed by atoms with Crippen LogP contribution in [0.5, 0.6) is 0 Å². The highest BCUT2D eigenvalue weighted by atomic mass is 16.5. The Morgan fingerprint density at radius 3 is 2.29 bits per heavy atom. The monoisotopic (exact) mass is 278 g/mol. The first kappa shape index (κ1) is 15.4. The van der Waals surface area contributed by atoms with Crippen molar-refractivity contribution < 1.29 is 4.74 Å². The van der Waals surface area contributed by atoms with Crippen LogP contribution in [0.1, 0.15) is 43.4 Å². The summed E-state index contributed by atoms with van der Waals surface area (Å²) < 4.78 is 6.02. The van der Waals surface area contributed by atoms with Crippen molar-refractivity contribution in [2.24, 2.45) is 0 Å². The number of benzene rings is 2. The minimum absolute atomic E-state index is 0.150. The van der Waals surface area contributed by atoms with Crippen LogP contribution in [0.2, 0.25) is 0 Å². The van der Waals surface area contributed by atoms with Crippen LogP contribution < -0.4 is 0 Å². The van der Waals surface area contributed by atoms with Gasteiger partial charge < -0.3 is 4.74 Å². The lowest BCUT2D eigenvalue weighted by molar-refractivity contribution is 0.0780. The molecule has 0 aliphatic carbocycles. The molecule has 0 heterocycles. The van der Waals surface area contributed by atoms with Gasteiger partial charge in [0.05, 0.1) is 6.61 Å². The molecule has 2 aromatic carbocycles. The molecule has 0 N–H and O–H groups in total. The summed E-state index contributed by atoms with van der Waals surface area (Å²) in [5.41, 5.74) is 2.30. The van der Waals surface area contributed by atoms with E-state index in [1.807, 2.05) is 36.4 Å². The van der Waals surface area contributed by atoms with Gasteiger partial charge in [0, 0.05) is 6.42 Å². The number of ether oxygens (including phenoxy) is 1. The van der Waals surface area contributed by atoms with E-state index in [0.717, 1.165) is 18.4 Å². The molecule has 2 rings (SSSR count). The first-order chi connectivity index (χ1) is 10.4. The van der Waals surface area contributed by atoms with Gasteiger partial charge in [-0.25, -0.2) is 0 Å². The minimum atomic E-state index is -0.150. The molecule has 0 saturated heterocycles. The van der Waals surface area contributed by atoms with Gasteiger partial charge in [0.2, 0.25) is 0 Å². The fraction of sp³-hybridized carbons (Fsp3) is 0.300. The molecule has 108 valence electrons. The topological polar surface area (TPSA) is 9.23 Å². The summed E-state index contributed by atoms with van der Waals surface area (Å²) in [6.45, 7) is 2.77. The molecular formula is C20H22O. The average molecular weight is 278 g/mol. The predicted octanol–water partition coefficient (Wildman–Crippen LogP) is 5.14. The Hall–Kier alpha value is -2.04. The molecule has 0 aromatic heterocycles. The van der Waals surface area contributed by atoms with Crippen molar-refractivity contribution in [1.82, 2.24) is 0 Å². The van der Waals surface area contributed by atoms with E-state index in [4.69, 9.17) is 4.74 Å². The maximum Gasteiger partial charge on any atom is 0.143 e. The van der Waals surface area contributed by atoms with E-state index in [1.165, 1.54) is 12.0 Å². The Labute approximate surface area is 128 Å². The second-order valence-electron chi connectivity index (χ2n) is 5.01. The quantitative estimate of drug-likeness (QED) is 0.525. The number of hydrogen-bond acceptors (Lipinski definition) is 1. The summed E-state index contributed by atoms with van der Waals surface area (Å²) in [7, 11) is 0. The second-order valence-corrected chi connectivity index (χ2v) is 5.01. The summed E-state index contributed by atoms with van der Waals surface area (Å²) in [6.07, 6.45) is 3.11. The molecule has 1 atom stereocenters. The van der Waals surface area contributed by atoms with Gasteiger partial charge in [-0.05, 0) is 17.5 Å². The number of hydrogen-bond donors (Lipinski definition) is 0. The molecule has 1 unspecified atom stereocenters. The lowest BCUT2D eigenvalue weighted by atomic mass is 10.1. The Morgan fingerprint density at radius 1 is 0.952 bits per heavy atom. The smallest absolute Gasteiger partial charge is 0.143 e. The first-order valence-corrected chi connectivity index (χ1v) is 7.59. The van der Waals surface area contributed by atoms with Gasteiger partial charge in [0.15, 0.2) is 0 Å². The lowest BCUT2D eigenvalue weighted by Gasteiger charge is -2.13. The molecule has 0 spiro atoms. The van der Waals surface area contributed by atoms with Crippen LogP contribution >= 0.6 is 0 Å². The van der Waals surface area contributed by atoms with Crippen molar-refractivity contribution in [2.75, 3.05) is 0 Å². The molecule has 0 bridgehead atoms. The van der Waals surface area contributed by atoms with Crippen molar-refractivity contribution in [1.29, 1.82) is 0 Å². The van der Waals surface area contributed by atoms with E-state index < -0.39 is 0 Å². The molecule has 1 heteroatoms. The van der Waals surface area contributed by atoms with E-state index in [1.54, 1.807) is 0 Å². The third kappa shape index (κ3) is 5.45. The third-order valence-electron chi connectivity index (χ3n) is 3.25. The maximum absolute atomic E-state index is 6.02. The van der Waals surface area contributed by atoms with Gasteiger partial charge in [0.25, 0.3) is 0 Å². The van der Waals surface area contributed by atoms with Gasteiger partial charge in [-0.15, -0.1) is 5.92 Å². The van der Waals surface area contributed by atoms with Gasteiger partial charge in [-0.3, -0.25) is 0 Å². The van der Waals surface area contributed by atoms with Gasteiger partial charge in [-0.1, -0.05) is 79.9 Å². The van der Waals surface area contributed by atoms with E-state index >= 15 is 0 Å². The van der Waals surface area contributed by atoms with Crippen molar-refractivity contribution in [3.05, 3.63) is 71.8 Å². The summed E-state index contributed by atoms with van der Waals surface area (Å²) in [4.78, 5) is 0. The Bertz CT molecular complexity index is 563. The van der Waals surface area contributed by atoms with Gasteiger partial charge >= 0.3 is 0 Å². The molecule has 1 nitrogen and oxygen atoms in total. The summed E-state index contributed by atoms with van der Waals surface area (Å²) in [5, 5.41) is 0. The van der Waals surface area contributed by atoms with E-state index in [9.17, 15) is 0 Å². The Morgan fingerprint density at radius 2 is 1.62 bits per heavy atom. The van der Waals surface area contributed by atoms with Crippen molar-refractivity contribution in [3.8, 4) is 11.8 Å². The predicted molar refractivity (Wildman–Crippen MR) is 87.7 cm³/mol. The molecule has 0 aliphatic rings. The van der Waals surface area contributed by atoms with Crippen molar-refractivity contribution in [2.45, 2.75) is 38.9 Å². The average Bonchev–Trinajstić information content (AvgIpc) is 2.56. The standard InChI is InChI=1S/C20H22O/c1-2-3-4-11-16-20(19-14-9-6-10-15-19)21-17-18-12-7-5-8-13-18/h5-10,12-15,20H,2-4,17H2,1H3. The van der Waals surface area contributed by atoms with Crippen molar-refractivity contribution in [3.63, 3.8) is 0 Å². The molecule has 2 aromatic rings. The summed E-state index contributed by atoms with van der Waals surface area (Å²) in [6, 6.07) is 20.5. The van der Waals surface area contributed by atoms with E-state index in [0.29, 0.717) is 6.61 Å². The first-order valence-electron chi connectivity index (χ1n) is 7.59. The molecule has 21 heavy (non-hydrogen) atoms. The molecule has 0 fully saturated rings. The maximum atomic E-state index is 6.02. The van der Waals surface area contributed by atoms with Gasteiger partial charge in [0.1, 0.15) is 6.10 Å². The zero-order valence-electron chi connectivity index (χ0n) is 12.6. The fourth-order valence-corrected chi connectivity index (χ4v) is 2.03. The highest BCUT2D eigenvalue weighted by molar-refractivity contribution is 5.25. The Balaban J connectivity index is 2.03. The third-order valence-corrected chi connectivity index (χ3v) is 3.25. The molecule has 0 amide bonds. The number of rotatable bonds is 6. The summed E-state index contributed by atoms with van der Waals surface area (Å²) in [5.74, 6) is 6.52. The second kappa shape index (κ2) is 9.00. The molecular weight excluding hydrogens is 256 g/mol. The van der Waals surface area contributed by atoms with E-state index in [-0.39, 0.29) is 6.10 Å². The Kier molecular flexibility index (Phi) is 6.58.